The Bertz CT molecular complexity index is 311. The van der Waals surface area contributed by atoms with Crippen molar-refractivity contribution in [3.63, 3.8) is 0 Å². The zero-order valence-corrected chi connectivity index (χ0v) is 9.19. The van der Waals surface area contributed by atoms with Gasteiger partial charge in [0, 0.05) is 25.8 Å². The Kier molecular flexibility index (Phi) is 3.38. The summed E-state index contributed by atoms with van der Waals surface area (Å²) >= 11 is 0. The topological polar surface area (TPSA) is 50.1 Å². The minimum absolute atomic E-state index is 0.174. The first kappa shape index (κ1) is 10.6. The first-order valence-corrected chi connectivity index (χ1v) is 5.64. The fourth-order valence-electron chi connectivity index (χ4n) is 2.14. The Hall–Kier alpha value is -0.870. The van der Waals surface area contributed by atoms with E-state index in [0.717, 1.165) is 31.5 Å². The van der Waals surface area contributed by atoms with Gasteiger partial charge in [-0.3, -0.25) is 0 Å². The maximum absolute atomic E-state index is 9.78. The van der Waals surface area contributed by atoms with Crippen molar-refractivity contribution in [3.8, 4) is 0 Å². The Labute approximate surface area is 90.3 Å². The zero-order chi connectivity index (χ0) is 10.7. The van der Waals surface area contributed by atoms with Crippen molar-refractivity contribution in [2.24, 2.45) is 7.05 Å². The lowest BCUT2D eigenvalue weighted by atomic mass is 9.92. The number of rotatable bonds is 3. The molecule has 1 fully saturated rings. The van der Waals surface area contributed by atoms with Crippen LogP contribution in [0.15, 0.2) is 12.5 Å². The second kappa shape index (κ2) is 4.77. The predicted molar refractivity (Wildman–Crippen MR) is 58.3 cm³/mol. The van der Waals surface area contributed by atoms with E-state index >= 15 is 0 Å². The van der Waals surface area contributed by atoms with Gasteiger partial charge in [0.05, 0.1) is 18.1 Å². The average Bonchev–Trinajstić information content (AvgIpc) is 2.63. The highest BCUT2D eigenvalue weighted by atomic mass is 16.3. The second-order valence-corrected chi connectivity index (χ2v) is 4.34. The summed E-state index contributed by atoms with van der Waals surface area (Å²) in [6, 6.07) is 0.258. The molecule has 2 atom stereocenters. The number of hydrogen-bond donors (Lipinski definition) is 2. The SMILES string of the molecule is Cn1cncc1CNC1CCCCC1O. The van der Waals surface area contributed by atoms with Gasteiger partial charge in [0.2, 0.25) is 0 Å². The van der Waals surface area contributed by atoms with Gasteiger partial charge in [-0.05, 0) is 12.8 Å². The summed E-state index contributed by atoms with van der Waals surface area (Å²) in [5, 5.41) is 13.2. The summed E-state index contributed by atoms with van der Waals surface area (Å²) < 4.78 is 2.00. The van der Waals surface area contributed by atoms with Gasteiger partial charge < -0.3 is 15.0 Å². The summed E-state index contributed by atoms with van der Waals surface area (Å²) in [6.07, 6.45) is 7.89. The van der Waals surface area contributed by atoms with Crippen LogP contribution in [0.2, 0.25) is 0 Å². The number of aromatic nitrogens is 2. The van der Waals surface area contributed by atoms with Crippen molar-refractivity contribution in [3.05, 3.63) is 18.2 Å². The largest absolute Gasteiger partial charge is 0.392 e. The summed E-state index contributed by atoms with van der Waals surface area (Å²) in [4.78, 5) is 4.06. The molecule has 0 saturated heterocycles. The molecule has 0 radical (unpaired) electrons. The zero-order valence-electron chi connectivity index (χ0n) is 9.19. The summed E-state index contributed by atoms with van der Waals surface area (Å²) in [7, 11) is 1.99. The minimum Gasteiger partial charge on any atom is -0.392 e. The first-order valence-electron chi connectivity index (χ1n) is 5.64. The molecule has 1 aliphatic carbocycles. The smallest absolute Gasteiger partial charge is 0.0945 e. The van der Waals surface area contributed by atoms with Gasteiger partial charge in [-0.2, -0.15) is 0 Å². The van der Waals surface area contributed by atoms with Crippen molar-refractivity contribution in [1.29, 1.82) is 0 Å². The third-order valence-corrected chi connectivity index (χ3v) is 3.19. The van der Waals surface area contributed by atoms with Crippen LogP contribution >= 0.6 is 0 Å². The molecule has 0 aromatic carbocycles. The Morgan fingerprint density at radius 3 is 3.00 bits per heavy atom. The Morgan fingerprint density at radius 1 is 1.53 bits per heavy atom. The molecule has 1 aromatic heterocycles. The molecule has 1 saturated carbocycles. The summed E-state index contributed by atoms with van der Waals surface area (Å²) in [5.41, 5.74) is 1.16. The molecular weight excluding hydrogens is 190 g/mol. The molecule has 4 heteroatoms. The highest BCUT2D eigenvalue weighted by Crippen LogP contribution is 2.18. The van der Waals surface area contributed by atoms with Crippen LogP contribution < -0.4 is 5.32 Å². The van der Waals surface area contributed by atoms with Crippen molar-refractivity contribution in [2.45, 2.75) is 44.4 Å². The number of aliphatic hydroxyl groups is 1. The Morgan fingerprint density at radius 2 is 2.33 bits per heavy atom. The van der Waals surface area contributed by atoms with E-state index < -0.39 is 0 Å². The quantitative estimate of drug-likeness (QED) is 0.774. The van der Waals surface area contributed by atoms with E-state index in [2.05, 4.69) is 10.3 Å². The minimum atomic E-state index is -0.174. The highest BCUT2D eigenvalue weighted by Gasteiger charge is 2.22. The molecule has 1 aliphatic rings. The lowest BCUT2D eigenvalue weighted by molar-refractivity contribution is 0.0900. The second-order valence-electron chi connectivity index (χ2n) is 4.34. The summed E-state index contributed by atoms with van der Waals surface area (Å²) in [6.45, 7) is 0.790. The van der Waals surface area contributed by atoms with Crippen molar-refractivity contribution in [2.75, 3.05) is 0 Å². The molecular formula is C11H19N3O. The van der Waals surface area contributed by atoms with Gasteiger partial charge in [-0.1, -0.05) is 12.8 Å². The van der Waals surface area contributed by atoms with E-state index in [1.807, 2.05) is 17.8 Å². The number of hydrogen-bond acceptors (Lipinski definition) is 3. The molecule has 2 unspecified atom stereocenters. The molecule has 0 bridgehead atoms. The average molecular weight is 209 g/mol. The van der Waals surface area contributed by atoms with Crippen molar-refractivity contribution < 1.29 is 5.11 Å². The van der Waals surface area contributed by atoms with E-state index in [1.54, 1.807) is 6.33 Å². The van der Waals surface area contributed by atoms with E-state index in [9.17, 15) is 5.11 Å². The number of imidazole rings is 1. The van der Waals surface area contributed by atoms with Gasteiger partial charge in [-0.15, -0.1) is 0 Å². The molecule has 15 heavy (non-hydrogen) atoms. The molecule has 1 heterocycles. The maximum Gasteiger partial charge on any atom is 0.0945 e. The fourth-order valence-corrected chi connectivity index (χ4v) is 2.14. The predicted octanol–water partition coefficient (Wildman–Crippen LogP) is 0.813. The van der Waals surface area contributed by atoms with Crippen LogP contribution in [0.4, 0.5) is 0 Å². The number of nitrogens with one attached hydrogen (secondary N) is 1. The van der Waals surface area contributed by atoms with Gasteiger partial charge in [-0.25, -0.2) is 4.98 Å². The number of aryl methyl sites for hydroxylation is 1. The lowest BCUT2D eigenvalue weighted by Crippen LogP contribution is -2.41. The molecule has 0 amide bonds. The number of aliphatic hydroxyl groups excluding tert-OH is 1. The van der Waals surface area contributed by atoms with Crippen molar-refractivity contribution >= 4 is 0 Å². The molecule has 84 valence electrons. The van der Waals surface area contributed by atoms with Crippen LogP contribution in [0.3, 0.4) is 0 Å². The third-order valence-electron chi connectivity index (χ3n) is 3.19. The molecule has 0 aliphatic heterocycles. The van der Waals surface area contributed by atoms with E-state index in [4.69, 9.17) is 0 Å². The monoisotopic (exact) mass is 209 g/mol. The van der Waals surface area contributed by atoms with Crippen LogP contribution in [-0.4, -0.2) is 26.8 Å². The van der Waals surface area contributed by atoms with E-state index in [-0.39, 0.29) is 12.1 Å². The molecule has 1 aromatic rings. The van der Waals surface area contributed by atoms with Crippen molar-refractivity contribution in [1.82, 2.24) is 14.9 Å². The van der Waals surface area contributed by atoms with Crippen LogP contribution in [0.1, 0.15) is 31.4 Å². The van der Waals surface area contributed by atoms with Crippen LogP contribution in [0.25, 0.3) is 0 Å². The summed E-state index contributed by atoms with van der Waals surface area (Å²) in [5.74, 6) is 0. The fraction of sp³-hybridized carbons (Fsp3) is 0.727. The first-order chi connectivity index (χ1) is 7.27. The Balaban J connectivity index is 1.84. The highest BCUT2D eigenvalue weighted by molar-refractivity contribution is 4.97. The van der Waals surface area contributed by atoms with Crippen LogP contribution in [0.5, 0.6) is 0 Å². The van der Waals surface area contributed by atoms with E-state index in [0.29, 0.717) is 0 Å². The van der Waals surface area contributed by atoms with Gasteiger partial charge in [0.1, 0.15) is 0 Å². The standard InChI is InChI=1S/C11H19N3O/c1-14-8-12-6-9(14)7-13-10-4-2-3-5-11(10)15/h6,8,10-11,13,15H,2-5,7H2,1H3. The lowest BCUT2D eigenvalue weighted by Gasteiger charge is -2.28. The molecule has 2 rings (SSSR count). The molecule has 0 spiro atoms. The van der Waals surface area contributed by atoms with Crippen LogP contribution in [0, 0.1) is 0 Å². The normalized spacial score (nSPS) is 26.8. The van der Waals surface area contributed by atoms with Gasteiger partial charge in [0.25, 0.3) is 0 Å². The maximum atomic E-state index is 9.78. The van der Waals surface area contributed by atoms with Crippen LogP contribution in [-0.2, 0) is 13.6 Å². The van der Waals surface area contributed by atoms with Gasteiger partial charge in [0.15, 0.2) is 0 Å². The third kappa shape index (κ3) is 2.58. The number of nitrogens with zero attached hydrogens (tertiary/aromatic N) is 2. The molecule has 2 N–H and O–H groups in total. The van der Waals surface area contributed by atoms with Gasteiger partial charge >= 0.3 is 0 Å². The molecule has 4 nitrogen and oxygen atoms in total. The van der Waals surface area contributed by atoms with E-state index in [1.165, 1.54) is 6.42 Å².